The molecule has 4 aromatic rings. The average Bonchev–Trinajstić information content (AvgIpc) is 2.72. The van der Waals surface area contributed by atoms with Gasteiger partial charge >= 0.3 is 0 Å². The minimum atomic E-state index is -0.134. The van der Waals surface area contributed by atoms with Gasteiger partial charge in [0.05, 0.1) is 12.1 Å². The van der Waals surface area contributed by atoms with Crippen LogP contribution < -0.4 is 4.90 Å². The van der Waals surface area contributed by atoms with Crippen molar-refractivity contribution in [3.63, 3.8) is 0 Å². The van der Waals surface area contributed by atoms with Gasteiger partial charge in [-0.15, -0.1) is 0 Å². The van der Waals surface area contributed by atoms with Gasteiger partial charge in [0.1, 0.15) is 5.69 Å². The molecule has 0 aliphatic rings. The highest BCUT2D eigenvalue weighted by Crippen LogP contribution is 2.20. The summed E-state index contributed by atoms with van der Waals surface area (Å²) in [5, 5.41) is 1.02. The quantitative estimate of drug-likeness (QED) is 0.551. The Bertz CT molecular complexity index is 1030. The SMILES string of the molecule is O=C(c1ccc2ccccc2n1)N(Cc1cccnc1)c1ccccc1. The van der Waals surface area contributed by atoms with E-state index in [0.29, 0.717) is 12.2 Å². The lowest BCUT2D eigenvalue weighted by Gasteiger charge is -2.22. The molecule has 2 aromatic carbocycles. The normalized spacial score (nSPS) is 10.6. The number of anilines is 1. The van der Waals surface area contributed by atoms with Crippen molar-refractivity contribution in [1.82, 2.24) is 9.97 Å². The summed E-state index contributed by atoms with van der Waals surface area (Å²) in [6, 6.07) is 25.0. The largest absolute Gasteiger partial charge is 0.303 e. The van der Waals surface area contributed by atoms with E-state index in [1.54, 1.807) is 23.4 Å². The number of carbonyl (C=O) groups is 1. The first-order chi connectivity index (χ1) is 12.8. The van der Waals surface area contributed by atoms with Crippen molar-refractivity contribution in [2.24, 2.45) is 0 Å². The molecule has 0 N–H and O–H groups in total. The third-order valence-corrected chi connectivity index (χ3v) is 4.19. The van der Waals surface area contributed by atoms with Crippen LogP contribution in [-0.4, -0.2) is 15.9 Å². The Labute approximate surface area is 151 Å². The second-order valence-electron chi connectivity index (χ2n) is 5.98. The van der Waals surface area contributed by atoms with Gasteiger partial charge in [-0.3, -0.25) is 9.78 Å². The minimum Gasteiger partial charge on any atom is -0.303 e. The number of hydrogen-bond donors (Lipinski definition) is 0. The van der Waals surface area contributed by atoms with E-state index in [1.165, 1.54) is 0 Å². The van der Waals surface area contributed by atoms with Crippen LogP contribution in [0.3, 0.4) is 0 Å². The number of aromatic nitrogens is 2. The zero-order valence-corrected chi connectivity index (χ0v) is 14.1. The van der Waals surface area contributed by atoms with Crippen molar-refractivity contribution < 1.29 is 4.79 Å². The highest BCUT2D eigenvalue weighted by atomic mass is 16.2. The topological polar surface area (TPSA) is 46.1 Å². The summed E-state index contributed by atoms with van der Waals surface area (Å²) < 4.78 is 0. The standard InChI is InChI=1S/C22H17N3O/c26-22(21-13-12-18-8-4-5-11-20(18)24-21)25(19-9-2-1-3-10-19)16-17-7-6-14-23-15-17/h1-15H,16H2. The smallest absolute Gasteiger partial charge is 0.277 e. The lowest BCUT2D eigenvalue weighted by molar-refractivity contribution is 0.0980. The van der Waals surface area contributed by atoms with Crippen molar-refractivity contribution in [3.05, 3.63) is 103 Å². The average molecular weight is 339 g/mol. The molecule has 2 heterocycles. The molecule has 0 saturated carbocycles. The molecule has 0 unspecified atom stereocenters. The van der Waals surface area contributed by atoms with Gasteiger partial charge in [0.2, 0.25) is 0 Å². The number of hydrogen-bond acceptors (Lipinski definition) is 3. The predicted molar refractivity (Wildman–Crippen MR) is 103 cm³/mol. The van der Waals surface area contributed by atoms with E-state index in [-0.39, 0.29) is 5.91 Å². The molecule has 0 atom stereocenters. The summed E-state index contributed by atoms with van der Waals surface area (Å²) in [6.45, 7) is 0.436. The van der Waals surface area contributed by atoms with E-state index in [4.69, 9.17) is 0 Å². The van der Waals surface area contributed by atoms with Crippen molar-refractivity contribution in [2.45, 2.75) is 6.54 Å². The number of carbonyl (C=O) groups excluding carboxylic acids is 1. The molecule has 4 heteroatoms. The highest BCUT2D eigenvalue weighted by Gasteiger charge is 2.19. The first kappa shape index (κ1) is 16.0. The number of pyridine rings is 2. The summed E-state index contributed by atoms with van der Waals surface area (Å²) in [5.41, 5.74) is 3.03. The molecule has 0 radical (unpaired) electrons. The van der Waals surface area contributed by atoms with E-state index in [2.05, 4.69) is 9.97 Å². The molecule has 0 fully saturated rings. The number of para-hydroxylation sites is 2. The number of nitrogens with zero attached hydrogens (tertiary/aromatic N) is 3. The van der Waals surface area contributed by atoms with Gasteiger partial charge in [-0.1, -0.05) is 48.5 Å². The van der Waals surface area contributed by atoms with Crippen LogP contribution in [0, 0.1) is 0 Å². The first-order valence-electron chi connectivity index (χ1n) is 8.43. The molecule has 0 aliphatic heterocycles. The second-order valence-corrected chi connectivity index (χ2v) is 5.98. The summed E-state index contributed by atoms with van der Waals surface area (Å²) in [7, 11) is 0. The third-order valence-electron chi connectivity index (χ3n) is 4.19. The summed E-state index contributed by atoms with van der Waals surface area (Å²) >= 11 is 0. The number of benzene rings is 2. The van der Waals surface area contributed by atoms with Gasteiger partial charge in [0.25, 0.3) is 5.91 Å². The number of rotatable bonds is 4. The molecule has 0 spiro atoms. The van der Waals surface area contributed by atoms with E-state index < -0.39 is 0 Å². The molecule has 126 valence electrons. The molecule has 4 nitrogen and oxygen atoms in total. The third kappa shape index (κ3) is 3.30. The molecule has 0 bridgehead atoms. The van der Waals surface area contributed by atoms with Crippen molar-refractivity contribution in [1.29, 1.82) is 0 Å². The predicted octanol–water partition coefficient (Wildman–Crippen LogP) is 4.48. The first-order valence-corrected chi connectivity index (χ1v) is 8.43. The van der Waals surface area contributed by atoms with Crippen LogP contribution in [0.15, 0.2) is 91.3 Å². The van der Waals surface area contributed by atoms with Gasteiger partial charge < -0.3 is 4.90 Å². The Kier molecular flexibility index (Phi) is 4.39. The van der Waals surface area contributed by atoms with E-state index in [9.17, 15) is 4.79 Å². The molecule has 2 aromatic heterocycles. The fourth-order valence-electron chi connectivity index (χ4n) is 2.89. The maximum absolute atomic E-state index is 13.2. The molecular weight excluding hydrogens is 322 g/mol. The molecular formula is C22H17N3O. The Hall–Kier alpha value is -3.53. The lowest BCUT2D eigenvalue weighted by Crippen LogP contribution is -2.31. The van der Waals surface area contributed by atoms with Gasteiger partial charge in [-0.25, -0.2) is 4.98 Å². The van der Waals surface area contributed by atoms with Crippen molar-refractivity contribution in [3.8, 4) is 0 Å². The Morgan fingerprint density at radius 1 is 0.846 bits per heavy atom. The van der Waals surface area contributed by atoms with Gasteiger partial charge in [-0.05, 0) is 35.9 Å². The molecule has 1 amide bonds. The maximum Gasteiger partial charge on any atom is 0.277 e. The van der Waals surface area contributed by atoms with Crippen molar-refractivity contribution >= 4 is 22.5 Å². The van der Waals surface area contributed by atoms with E-state index in [1.807, 2.05) is 72.8 Å². The van der Waals surface area contributed by atoms with E-state index in [0.717, 1.165) is 22.2 Å². The van der Waals surface area contributed by atoms with E-state index >= 15 is 0 Å². The Morgan fingerprint density at radius 3 is 2.46 bits per heavy atom. The summed E-state index contributed by atoms with van der Waals surface area (Å²) in [4.78, 5) is 23.7. The minimum absolute atomic E-state index is 0.134. The molecule has 26 heavy (non-hydrogen) atoms. The van der Waals surface area contributed by atoms with Gasteiger partial charge in [0, 0.05) is 23.5 Å². The van der Waals surface area contributed by atoms with Crippen LogP contribution in [0.2, 0.25) is 0 Å². The van der Waals surface area contributed by atoms with Crippen LogP contribution in [0.5, 0.6) is 0 Å². The highest BCUT2D eigenvalue weighted by molar-refractivity contribution is 6.05. The second kappa shape index (κ2) is 7.15. The molecule has 0 aliphatic carbocycles. The van der Waals surface area contributed by atoms with Crippen LogP contribution in [-0.2, 0) is 6.54 Å². The maximum atomic E-state index is 13.2. The van der Waals surface area contributed by atoms with Crippen molar-refractivity contribution in [2.75, 3.05) is 4.90 Å². The van der Waals surface area contributed by atoms with Crippen LogP contribution in [0.25, 0.3) is 10.9 Å². The zero-order chi connectivity index (χ0) is 17.8. The summed E-state index contributed by atoms with van der Waals surface area (Å²) in [6.07, 6.45) is 3.50. The Balaban J connectivity index is 1.73. The monoisotopic (exact) mass is 339 g/mol. The fraction of sp³-hybridized carbons (Fsp3) is 0.0455. The molecule has 0 saturated heterocycles. The summed E-state index contributed by atoms with van der Waals surface area (Å²) in [5.74, 6) is -0.134. The lowest BCUT2D eigenvalue weighted by atomic mass is 10.1. The number of amides is 1. The number of fused-ring (bicyclic) bond motifs is 1. The van der Waals surface area contributed by atoms with Gasteiger partial charge in [-0.2, -0.15) is 0 Å². The van der Waals surface area contributed by atoms with Crippen LogP contribution in [0.1, 0.15) is 16.1 Å². The Morgan fingerprint density at radius 2 is 1.65 bits per heavy atom. The molecule has 4 rings (SSSR count). The van der Waals surface area contributed by atoms with Gasteiger partial charge in [0.15, 0.2) is 0 Å². The zero-order valence-electron chi connectivity index (χ0n) is 14.1. The fourth-order valence-corrected chi connectivity index (χ4v) is 2.89. The van der Waals surface area contributed by atoms with Crippen LogP contribution >= 0.6 is 0 Å². The van der Waals surface area contributed by atoms with Crippen LogP contribution in [0.4, 0.5) is 5.69 Å².